The lowest BCUT2D eigenvalue weighted by molar-refractivity contribution is 0.0997. The van der Waals surface area contributed by atoms with Crippen molar-refractivity contribution in [2.24, 2.45) is 4.99 Å². The normalized spacial score (nSPS) is 16.1. The fourth-order valence-corrected chi connectivity index (χ4v) is 7.45. The standard InChI is InChI=1S/C24H28ClN3O3S2/c1-4-28-22-16(2)14-18(25)15-21(22)32-24(28)26-23(29)17-10-12-20(13-11-17)33(30,31)27(3)19-8-6-5-7-9-19/h10-15,19H,4-9H2,1-3H3. The van der Waals surface area contributed by atoms with Gasteiger partial charge in [-0.15, -0.1) is 0 Å². The number of hydrogen-bond donors (Lipinski definition) is 0. The first-order chi connectivity index (χ1) is 15.7. The number of benzene rings is 2. The zero-order valence-electron chi connectivity index (χ0n) is 19.0. The molecule has 1 fully saturated rings. The SMILES string of the molecule is CCn1c(=NC(=O)c2ccc(S(=O)(=O)N(C)C3CCCCC3)cc2)sc2cc(Cl)cc(C)c21. The van der Waals surface area contributed by atoms with Crippen molar-refractivity contribution in [1.82, 2.24) is 8.87 Å². The number of carbonyl (C=O) groups is 1. The van der Waals surface area contributed by atoms with E-state index < -0.39 is 15.9 Å². The van der Waals surface area contributed by atoms with Crippen molar-refractivity contribution in [2.45, 2.75) is 63.4 Å². The zero-order valence-corrected chi connectivity index (χ0v) is 21.4. The van der Waals surface area contributed by atoms with Gasteiger partial charge in [0.2, 0.25) is 10.0 Å². The summed E-state index contributed by atoms with van der Waals surface area (Å²) in [5, 5.41) is 0.650. The predicted octanol–water partition coefficient (Wildman–Crippen LogP) is 5.38. The average Bonchev–Trinajstić information content (AvgIpc) is 3.16. The molecule has 0 radical (unpaired) electrons. The van der Waals surface area contributed by atoms with Crippen molar-refractivity contribution in [3.8, 4) is 0 Å². The number of rotatable bonds is 5. The van der Waals surface area contributed by atoms with Gasteiger partial charge in [-0.1, -0.05) is 42.2 Å². The van der Waals surface area contributed by atoms with Crippen molar-refractivity contribution >= 4 is 49.1 Å². The Balaban J connectivity index is 1.63. The van der Waals surface area contributed by atoms with Gasteiger partial charge in [0.15, 0.2) is 4.80 Å². The predicted molar refractivity (Wildman–Crippen MR) is 133 cm³/mol. The van der Waals surface area contributed by atoms with E-state index in [9.17, 15) is 13.2 Å². The summed E-state index contributed by atoms with van der Waals surface area (Å²) in [7, 11) is -1.95. The Bertz CT molecular complexity index is 1350. The zero-order chi connectivity index (χ0) is 23.8. The molecule has 1 aliphatic carbocycles. The van der Waals surface area contributed by atoms with Crippen LogP contribution in [-0.4, -0.2) is 36.3 Å². The number of sulfonamides is 1. The van der Waals surface area contributed by atoms with Crippen molar-refractivity contribution in [2.75, 3.05) is 7.05 Å². The molecule has 0 spiro atoms. The number of nitrogens with zero attached hydrogens (tertiary/aromatic N) is 3. The quantitative estimate of drug-likeness (QED) is 0.467. The summed E-state index contributed by atoms with van der Waals surface area (Å²) in [6.45, 7) is 4.66. The minimum Gasteiger partial charge on any atom is -0.316 e. The molecule has 1 amide bonds. The Morgan fingerprint density at radius 3 is 2.48 bits per heavy atom. The van der Waals surface area contributed by atoms with E-state index in [-0.39, 0.29) is 10.9 Å². The number of fused-ring (bicyclic) bond motifs is 1. The van der Waals surface area contributed by atoms with Gasteiger partial charge in [0.25, 0.3) is 5.91 Å². The molecule has 1 heterocycles. The Morgan fingerprint density at radius 2 is 1.85 bits per heavy atom. The van der Waals surface area contributed by atoms with Crippen LogP contribution in [0.3, 0.4) is 0 Å². The molecule has 1 aromatic heterocycles. The van der Waals surface area contributed by atoms with Crippen molar-refractivity contribution in [1.29, 1.82) is 0 Å². The molecule has 176 valence electrons. The highest BCUT2D eigenvalue weighted by Crippen LogP contribution is 2.27. The third kappa shape index (κ3) is 4.80. The van der Waals surface area contributed by atoms with E-state index in [4.69, 9.17) is 11.6 Å². The number of amides is 1. The molecule has 4 rings (SSSR count). The molecule has 1 aliphatic rings. The molecule has 0 N–H and O–H groups in total. The summed E-state index contributed by atoms with van der Waals surface area (Å²) in [6.07, 6.45) is 5.06. The number of hydrogen-bond acceptors (Lipinski definition) is 4. The minimum absolute atomic E-state index is 0.0365. The van der Waals surface area contributed by atoms with E-state index in [2.05, 4.69) is 4.99 Å². The van der Waals surface area contributed by atoms with Crippen LogP contribution in [0.1, 0.15) is 54.9 Å². The van der Waals surface area contributed by atoms with E-state index in [1.165, 1.54) is 27.8 Å². The number of aromatic nitrogens is 1. The van der Waals surface area contributed by atoms with E-state index in [1.54, 1.807) is 19.2 Å². The second-order valence-electron chi connectivity index (χ2n) is 8.45. The average molecular weight is 506 g/mol. The summed E-state index contributed by atoms with van der Waals surface area (Å²) in [4.78, 5) is 18.0. The van der Waals surface area contributed by atoms with Gasteiger partial charge < -0.3 is 4.57 Å². The van der Waals surface area contributed by atoms with Crippen LogP contribution in [0.15, 0.2) is 46.3 Å². The molecule has 3 aromatic rings. The highest BCUT2D eigenvalue weighted by atomic mass is 35.5. The number of halogens is 1. The Hall–Kier alpha value is -2.00. The molecular weight excluding hydrogens is 478 g/mol. The van der Waals surface area contributed by atoms with Gasteiger partial charge in [0.1, 0.15) is 0 Å². The Morgan fingerprint density at radius 1 is 1.18 bits per heavy atom. The number of thiazole rings is 1. The summed E-state index contributed by atoms with van der Waals surface area (Å²) >= 11 is 7.62. The van der Waals surface area contributed by atoms with Crippen LogP contribution in [-0.2, 0) is 16.6 Å². The first-order valence-electron chi connectivity index (χ1n) is 11.2. The van der Waals surface area contributed by atoms with E-state index >= 15 is 0 Å². The first-order valence-corrected chi connectivity index (χ1v) is 13.8. The van der Waals surface area contributed by atoms with Crippen LogP contribution in [0.2, 0.25) is 5.02 Å². The largest absolute Gasteiger partial charge is 0.316 e. The van der Waals surface area contributed by atoms with Gasteiger partial charge in [-0.05, 0) is 68.7 Å². The van der Waals surface area contributed by atoms with Crippen molar-refractivity contribution in [3.63, 3.8) is 0 Å². The fourth-order valence-electron chi connectivity index (χ4n) is 4.48. The van der Waals surface area contributed by atoms with Gasteiger partial charge in [0.05, 0.1) is 15.1 Å². The first kappa shape index (κ1) is 24.1. The lowest BCUT2D eigenvalue weighted by atomic mass is 9.96. The topological polar surface area (TPSA) is 71.7 Å². The minimum atomic E-state index is -3.60. The highest BCUT2D eigenvalue weighted by molar-refractivity contribution is 7.89. The third-order valence-electron chi connectivity index (χ3n) is 6.31. The maximum atomic E-state index is 13.1. The van der Waals surface area contributed by atoms with Gasteiger partial charge in [-0.2, -0.15) is 9.30 Å². The highest BCUT2D eigenvalue weighted by Gasteiger charge is 2.29. The summed E-state index contributed by atoms with van der Waals surface area (Å²) in [6, 6.07) is 9.90. The monoisotopic (exact) mass is 505 g/mol. The van der Waals surface area contributed by atoms with Crippen LogP contribution in [0.25, 0.3) is 10.2 Å². The molecule has 6 nitrogen and oxygen atoms in total. The molecule has 0 saturated heterocycles. The molecule has 0 aliphatic heterocycles. The second-order valence-corrected chi connectivity index (χ2v) is 11.9. The smallest absolute Gasteiger partial charge is 0.279 e. The third-order valence-corrected chi connectivity index (χ3v) is 9.48. The fraction of sp³-hybridized carbons (Fsp3) is 0.417. The summed E-state index contributed by atoms with van der Waals surface area (Å²) < 4.78 is 30.6. The van der Waals surface area contributed by atoms with E-state index in [0.717, 1.165) is 47.9 Å². The van der Waals surface area contributed by atoms with Gasteiger partial charge in [-0.3, -0.25) is 4.79 Å². The van der Waals surface area contributed by atoms with Gasteiger partial charge >= 0.3 is 0 Å². The van der Waals surface area contributed by atoms with E-state index in [0.29, 0.717) is 21.9 Å². The molecule has 0 atom stereocenters. The van der Waals surface area contributed by atoms with Gasteiger partial charge in [0, 0.05) is 30.2 Å². The molecule has 0 bridgehead atoms. The number of aryl methyl sites for hydroxylation is 2. The molecule has 9 heteroatoms. The Kier molecular flexibility index (Phi) is 7.09. The molecule has 0 unspecified atom stereocenters. The maximum absolute atomic E-state index is 13.1. The molecular formula is C24H28ClN3O3S2. The lowest BCUT2D eigenvalue weighted by Crippen LogP contribution is -2.38. The van der Waals surface area contributed by atoms with Crippen LogP contribution in [0.4, 0.5) is 0 Å². The molecule has 1 saturated carbocycles. The van der Waals surface area contributed by atoms with Crippen LogP contribution >= 0.6 is 22.9 Å². The van der Waals surface area contributed by atoms with E-state index in [1.807, 2.05) is 30.5 Å². The van der Waals surface area contributed by atoms with Crippen LogP contribution < -0.4 is 4.80 Å². The number of carbonyl (C=O) groups excluding carboxylic acids is 1. The lowest BCUT2D eigenvalue weighted by Gasteiger charge is -2.30. The maximum Gasteiger partial charge on any atom is 0.279 e. The molecule has 2 aromatic carbocycles. The second kappa shape index (κ2) is 9.70. The van der Waals surface area contributed by atoms with Crippen LogP contribution in [0, 0.1) is 6.92 Å². The van der Waals surface area contributed by atoms with Crippen molar-refractivity contribution in [3.05, 3.63) is 57.3 Å². The Labute approximate surface area is 203 Å². The van der Waals surface area contributed by atoms with Crippen LogP contribution in [0.5, 0.6) is 0 Å². The summed E-state index contributed by atoms with van der Waals surface area (Å²) in [5.41, 5.74) is 2.40. The van der Waals surface area contributed by atoms with Crippen molar-refractivity contribution < 1.29 is 13.2 Å². The van der Waals surface area contributed by atoms with Gasteiger partial charge in [-0.25, -0.2) is 8.42 Å². The summed E-state index contributed by atoms with van der Waals surface area (Å²) in [5.74, 6) is -0.405. The molecule has 33 heavy (non-hydrogen) atoms.